The third kappa shape index (κ3) is 4.98. The Balaban J connectivity index is 0.00000324. The van der Waals surface area contributed by atoms with E-state index in [1.54, 1.807) is 12.1 Å². The molecule has 0 aromatic heterocycles. The first kappa shape index (κ1) is 26.2. The molecule has 0 saturated heterocycles. The van der Waals surface area contributed by atoms with E-state index in [0.717, 1.165) is 5.56 Å². The zero-order chi connectivity index (χ0) is 24.0. The smallest absolute Gasteiger partial charge is 0.362 e. The molecule has 34 heavy (non-hydrogen) atoms. The van der Waals surface area contributed by atoms with E-state index in [1.165, 1.54) is 48.5 Å². The molecule has 3 aromatic rings. The minimum atomic E-state index is -4.72. The number of rotatable bonds is 6. The van der Waals surface area contributed by atoms with Crippen LogP contribution in [0.5, 0.6) is 11.5 Å². The third-order valence-corrected chi connectivity index (χ3v) is 6.04. The standard InChI is InChI=1S/C21H17NO9S2.Na/c1-13-3-2-4-18-19(13)22-20(23)21(18,14-5-9-16(10-6-14)30-32(24,25)26)15-7-11-17(12-8-15)31-33(27,28)29;/h2-12H,1H3,(H,22,23)(H,24,25,26)(H,27,28,29);/q;+1. The monoisotopic (exact) mass is 514 g/mol. The van der Waals surface area contributed by atoms with Gasteiger partial charge in [0.2, 0.25) is 5.91 Å². The molecule has 0 radical (unpaired) electrons. The van der Waals surface area contributed by atoms with Crippen LogP contribution in [0.1, 0.15) is 22.3 Å². The second-order valence-corrected chi connectivity index (χ2v) is 9.32. The molecule has 0 aliphatic carbocycles. The number of amides is 1. The molecule has 0 bridgehead atoms. The summed E-state index contributed by atoms with van der Waals surface area (Å²) in [5.74, 6) is -0.703. The number of nitrogens with one attached hydrogen (secondary N) is 1. The van der Waals surface area contributed by atoms with Gasteiger partial charge in [-0.25, -0.2) is 0 Å². The van der Waals surface area contributed by atoms with Crippen LogP contribution in [0, 0.1) is 6.92 Å². The average Bonchev–Trinajstić information content (AvgIpc) is 3.01. The summed E-state index contributed by atoms with van der Waals surface area (Å²) in [5, 5.41) is 2.89. The molecule has 1 heterocycles. The van der Waals surface area contributed by atoms with E-state index in [9.17, 15) is 21.6 Å². The fourth-order valence-electron chi connectivity index (χ4n) is 3.98. The summed E-state index contributed by atoms with van der Waals surface area (Å²) in [5.41, 5.74) is 1.58. The number of carbonyl (C=O) groups is 1. The zero-order valence-corrected chi connectivity index (χ0v) is 21.6. The van der Waals surface area contributed by atoms with Gasteiger partial charge in [-0.15, -0.1) is 0 Å². The fraction of sp³-hybridized carbons (Fsp3) is 0.0952. The Bertz CT molecular complexity index is 1380. The van der Waals surface area contributed by atoms with Crippen LogP contribution in [0.15, 0.2) is 66.7 Å². The van der Waals surface area contributed by atoms with Gasteiger partial charge >= 0.3 is 50.4 Å². The number of fused-ring (bicyclic) bond motifs is 1. The molecule has 0 unspecified atom stereocenters. The SMILES string of the molecule is Cc1cccc2c1NC(=O)C2(c1ccc(OS(=O)(=O)O)cc1)c1ccc(OS(=O)(=O)O)cc1.[Na+]. The Morgan fingerprint density at radius 1 is 0.765 bits per heavy atom. The van der Waals surface area contributed by atoms with Crippen molar-refractivity contribution in [2.45, 2.75) is 12.3 Å². The van der Waals surface area contributed by atoms with Crippen LogP contribution in [-0.4, -0.2) is 31.8 Å². The molecule has 3 aromatic carbocycles. The van der Waals surface area contributed by atoms with Gasteiger partial charge in [-0.05, 0) is 47.9 Å². The minimum absolute atomic E-state index is 0. The summed E-state index contributed by atoms with van der Waals surface area (Å²) in [7, 11) is -9.45. The van der Waals surface area contributed by atoms with E-state index in [0.29, 0.717) is 22.4 Å². The number of anilines is 1. The summed E-state index contributed by atoms with van der Waals surface area (Å²) < 4.78 is 70.8. The van der Waals surface area contributed by atoms with Gasteiger partial charge < -0.3 is 13.7 Å². The number of benzene rings is 3. The number of carbonyl (C=O) groups excluding carboxylic acids is 1. The van der Waals surface area contributed by atoms with Gasteiger partial charge in [0.25, 0.3) is 0 Å². The molecule has 1 amide bonds. The van der Waals surface area contributed by atoms with Crippen LogP contribution in [-0.2, 0) is 31.0 Å². The molecule has 172 valence electrons. The van der Waals surface area contributed by atoms with Crippen LogP contribution in [0.25, 0.3) is 0 Å². The number of hydrogen-bond acceptors (Lipinski definition) is 7. The van der Waals surface area contributed by atoms with Crippen LogP contribution in [0.4, 0.5) is 5.69 Å². The summed E-state index contributed by atoms with van der Waals surface area (Å²) in [4.78, 5) is 13.5. The van der Waals surface area contributed by atoms with Gasteiger partial charge in [0.1, 0.15) is 16.9 Å². The Morgan fingerprint density at radius 3 is 1.62 bits per heavy atom. The molecular weight excluding hydrogens is 497 g/mol. The molecule has 0 saturated carbocycles. The minimum Gasteiger partial charge on any atom is -0.362 e. The summed E-state index contributed by atoms with van der Waals surface area (Å²) >= 11 is 0. The van der Waals surface area contributed by atoms with Crippen LogP contribution < -0.4 is 43.2 Å². The maximum absolute atomic E-state index is 13.5. The van der Waals surface area contributed by atoms with Crippen molar-refractivity contribution in [3.8, 4) is 11.5 Å². The predicted octanol–water partition coefficient (Wildman–Crippen LogP) is -0.351. The van der Waals surface area contributed by atoms with E-state index in [-0.39, 0.29) is 41.1 Å². The Morgan fingerprint density at radius 2 is 1.21 bits per heavy atom. The number of para-hydroxylation sites is 1. The molecule has 0 spiro atoms. The maximum atomic E-state index is 13.5. The second-order valence-electron chi connectivity index (χ2n) is 7.27. The molecule has 0 fully saturated rings. The van der Waals surface area contributed by atoms with Gasteiger partial charge in [-0.3, -0.25) is 13.9 Å². The normalized spacial score (nSPS) is 14.5. The molecule has 10 nitrogen and oxygen atoms in total. The van der Waals surface area contributed by atoms with Crippen molar-refractivity contribution in [3.63, 3.8) is 0 Å². The molecule has 1 aliphatic heterocycles. The maximum Gasteiger partial charge on any atom is 1.00 e. The average molecular weight is 514 g/mol. The van der Waals surface area contributed by atoms with E-state index >= 15 is 0 Å². The summed E-state index contributed by atoms with van der Waals surface area (Å²) in [6, 6.07) is 16.5. The van der Waals surface area contributed by atoms with Crippen molar-refractivity contribution in [3.05, 3.63) is 89.0 Å². The van der Waals surface area contributed by atoms with Crippen LogP contribution in [0.2, 0.25) is 0 Å². The summed E-state index contributed by atoms with van der Waals surface area (Å²) in [6.45, 7) is 1.83. The molecule has 4 rings (SSSR count). The zero-order valence-electron chi connectivity index (χ0n) is 17.9. The van der Waals surface area contributed by atoms with Gasteiger partial charge in [-0.1, -0.05) is 42.5 Å². The van der Waals surface area contributed by atoms with Crippen molar-refractivity contribution >= 4 is 32.4 Å². The molecular formula is C21H17NNaO9S2+. The third-order valence-electron chi connectivity index (χ3n) is 5.23. The fourth-order valence-corrected chi connectivity index (χ4v) is 4.69. The largest absolute Gasteiger partial charge is 1.00 e. The predicted molar refractivity (Wildman–Crippen MR) is 117 cm³/mol. The number of hydrogen-bond donors (Lipinski definition) is 3. The van der Waals surface area contributed by atoms with E-state index in [2.05, 4.69) is 13.7 Å². The van der Waals surface area contributed by atoms with E-state index in [1.807, 2.05) is 13.0 Å². The Labute approximate surface area is 218 Å². The van der Waals surface area contributed by atoms with Crippen molar-refractivity contribution in [1.82, 2.24) is 0 Å². The van der Waals surface area contributed by atoms with Crippen LogP contribution >= 0.6 is 0 Å². The van der Waals surface area contributed by atoms with Crippen molar-refractivity contribution in [2.75, 3.05) is 5.32 Å². The molecule has 0 atom stereocenters. The van der Waals surface area contributed by atoms with Gasteiger partial charge in [-0.2, -0.15) is 16.8 Å². The first-order valence-corrected chi connectivity index (χ1v) is 12.1. The van der Waals surface area contributed by atoms with Crippen LogP contribution in [0.3, 0.4) is 0 Å². The first-order chi connectivity index (χ1) is 15.4. The van der Waals surface area contributed by atoms with Crippen molar-refractivity contribution in [1.29, 1.82) is 0 Å². The van der Waals surface area contributed by atoms with Crippen molar-refractivity contribution < 1.29 is 68.7 Å². The number of aryl methyl sites for hydroxylation is 1. The molecule has 3 N–H and O–H groups in total. The van der Waals surface area contributed by atoms with Gasteiger partial charge in [0.05, 0.1) is 0 Å². The van der Waals surface area contributed by atoms with Crippen molar-refractivity contribution in [2.24, 2.45) is 0 Å². The topological polar surface area (TPSA) is 156 Å². The second kappa shape index (κ2) is 9.30. The quantitative estimate of drug-likeness (QED) is 0.296. The summed E-state index contributed by atoms with van der Waals surface area (Å²) in [6.07, 6.45) is 0. The van der Waals surface area contributed by atoms with E-state index in [4.69, 9.17) is 9.11 Å². The molecule has 13 heteroatoms. The van der Waals surface area contributed by atoms with Gasteiger partial charge in [0.15, 0.2) is 0 Å². The first-order valence-electron chi connectivity index (χ1n) is 9.36. The van der Waals surface area contributed by atoms with E-state index < -0.39 is 32.1 Å². The van der Waals surface area contributed by atoms with Gasteiger partial charge in [0, 0.05) is 11.3 Å². The molecule has 1 aliphatic rings. The Hall–Kier alpha value is -2.45. The Kier molecular flexibility index (Phi) is 7.16.